The second kappa shape index (κ2) is 8.88. The third-order valence-electron chi connectivity index (χ3n) is 5.56. The van der Waals surface area contributed by atoms with Crippen LogP contribution in [0, 0.1) is 12.8 Å². The predicted molar refractivity (Wildman–Crippen MR) is 118 cm³/mol. The van der Waals surface area contributed by atoms with Gasteiger partial charge in [-0.2, -0.15) is 5.10 Å². The van der Waals surface area contributed by atoms with Gasteiger partial charge in [0.25, 0.3) is 0 Å². The van der Waals surface area contributed by atoms with Crippen LogP contribution in [0.25, 0.3) is 0 Å². The molecule has 3 rings (SSSR count). The van der Waals surface area contributed by atoms with Gasteiger partial charge in [0.1, 0.15) is 0 Å². The van der Waals surface area contributed by atoms with E-state index >= 15 is 0 Å². The van der Waals surface area contributed by atoms with Crippen LogP contribution in [0.4, 0.5) is 4.79 Å². The number of carbonyl (C=O) groups excluding carboxylic acids is 1. The molecule has 1 amide bonds. The van der Waals surface area contributed by atoms with Gasteiger partial charge in [0.05, 0.1) is 11.2 Å². The fourth-order valence-corrected chi connectivity index (χ4v) is 5.28. The molecule has 1 unspecified atom stereocenters. The summed E-state index contributed by atoms with van der Waals surface area (Å²) in [7, 11) is 4.32. The number of aromatic nitrogens is 2. The summed E-state index contributed by atoms with van der Waals surface area (Å²) in [5.74, 6) is 1.11. The zero-order valence-electron chi connectivity index (χ0n) is 18.4. The monoisotopic (exact) mass is 418 g/mol. The minimum Gasteiger partial charge on any atom is -0.392 e. The van der Waals surface area contributed by atoms with Gasteiger partial charge in [-0.25, -0.2) is 9.48 Å². The van der Waals surface area contributed by atoms with Gasteiger partial charge in [-0.3, -0.25) is 0 Å². The van der Waals surface area contributed by atoms with Crippen molar-refractivity contribution in [1.29, 1.82) is 0 Å². The lowest BCUT2D eigenvalue weighted by Crippen LogP contribution is -2.41. The molecule has 7 heteroatoms. The van der Waals surface area contributed by atoms with Crippen LogP contribution in [0.1, 0.15) is 63.1 Å². The van der Waals surface area contributed by atoms with Gasteiger partial charge in [-0.15, -0.1) is 11.3 Å². The topological polar surface area (TPSA) is 59.4 Å². The van der Waals surface area contributed by atoms with Crippen molar-refractivity contribution in [1.82, 2.24) is 20.0 Å². The molecule has 1 saturated carbocycles. The van der Waals surface area contributed by atoms with Gasteiger partial charge in [0.15, 0.2) is 0 Å². The van der Waals surface area contributed by atoms with E-state index in [9.17, 15) is 4.79 Å². The Hall–Kier alpha value is -1.86. The van der Waals surface area contributed by atoms with Gasteiger partial charge in [0, 0.05) is 23.0 Å². The number of amides is 1. The summed E-state index contributed by atoms with van der Waals surface area (Å²) in [5.41, 5.74) is 0.594. The summed E-state index contributed by atoms with van der Waals surface area (Å²) in [6.07, 6.45) is 3.77. The van der Waals surface area contributed by atoms with Crippen LogP contribution in [0.15, 0.2) is 23.6 Å². The van der Waals surface area contributed by atoms with Crippen LogP contribution in [0.5, 0.6) is 5.88 Å². The van der Waals surface area contributed by atoms with Crippen LogP contribution < -0.4 is 10.1 Å². The van der Waals surface area contributed by atoms with Crippen molar-refractivity contribution < 1.29 is 9.53 Å². The van der Waals surface area contributed by atoms with E-state index in [1.54, 1.807) is 4.68 Å². The molecule has 0 aliphatic heterocycles. The van der Waals surface area contributed by atoms with Crippen molar-refractivity contribution in [3.05, 3.63) is 34.2 Å². The Morgan fingerprint density at radius 2 is 2.00 bits per heavy atom. The second-order valence-corrected chi connectivity index (χ2v) is 10.3. The van der Waals surface area contributed by atoms with Gasteiger partial charge in [-0.05, 0) is 84.8 Å². The lowest BCUT2D eigenvalue weighted by molar-refractivity contribution is 0.151. The minimum atomic E-state index is -0.388. The van der Waals surface area contributed by atoms with E-state index < -0.39 is 0 Å². The average Bonchev–Trinajstić information content (AvgIpc) is 3.26. The quantitative estimate of drug-likeness (QED) is 0.746. The fraction of sp³-hybridized carbons (Fsp3) is 0.636. The van der Waals surface area contributed by atoms with Gasteiger partial charge >= 0.3 is 6.09 Å². The van der Waals surface area contributed by atoms with Crippen LogP contribution in [0.3, 0.4) is 0 Å². The van der Waals surface area contributed by atoms with Crippen molar-refractivity contribution in [2.45, 2.75) is 71.0 Å². The summed E-state index contributed by atoms with van der Waals surface area (Å²) < 4.78 is 7.38. The molecule has 1 atom stereocenters. The first-order chi connectivity index (χ1) is 13.6. The molecule has 0 saturated heterocycles. The first-order valence-corrected chi connectivity index (χ1v) is 11.3. The Bertz CT molecular complexity index is 799. The molecule has 2 aromatic heterocycles. The Morgan fingerprint density at radius 3 is 2.55 bits per heavy atom. The first-order valence-electron chi connectivity index (χ1n) is 10.4. The normalized spacial score (nSPS) is 21.2. The molecule has 6 nitrogen and oxygen atoms in total. The van der Waals surface area contributed by atoms with E-state index in [2.05, 4.69) is 46.9 Å². The lowest BCUT2D eigenvalue weighted by Gasteiger charge is -2.36. The van der Waals surface area contributed by atoms with Crippen molar-refractivity contribution in [2.24, 2.45) is 5.92 Å². The van der Waals surface area contributed by atoms with E-state index in [4.69, 9.17) is 4.74 Å². The van der Waals surface area contributed by atoms with Crippen LogP contribution >= 0.6 is 11.3 Å². The van der Waals surface area contributed by atoms with E-state index in [0.29, 0.717) is 17.8 Å². The molecule has 2 heterocycles. The maximum atomic E-state index is 12.5. The molecular formula is C22H34N4O2S. The highest BCUT2D eigenvalue weighted by molar-refractivity contribution is 7.10. The molecular weight excluding hydrogens is 384 g/mol. The molecule has 0 bridgehead atoms. The number of ether oxygens (including phenoxy) is 1. The molecule has 1 aliphatic carbocycles. The van der Waals surface area contributed by atoms with Crippen molar-refractivity contribution in [2.75, 3.05) is 14.1 Å². The molecule has 0 radical (unpaired) electrons. The highest BCUT2D eigenvalue weighted by Crippen LogP contribution is 2.39. The number of hydrogen-bond acceptors (Lipinski definition) is 5. The third-order valence-corrected chi connectivity index (χ3v) is 6.51. The van der Waals surface area contributed by atoms with Crippen LogP contribution in [-0.2, 0) is 5.54 Å². The standard InChI is InChI=1S/C22H34N4O2S/c1-15-14-19(26(24-15)22(2,3)4)28-21(27)23-17-11-9-16(10-12-17)20(25(5)6)18-8-7-13-29-18/h7-8,13-14,16-17,20H,9-12H2,1-6H3,(H,23,27). The highest BCUT2D eigenvalue weighted by atomic mass is 32.1. The van der Waals surface area contributed by atoms with Gasteiger partial charge in [-0.1, -0.05) is 6.07 Å². The largest absolute Gasteiger partial charge is 0.414 e. The van der Waals surface area contributed by atoms with Crippen LogP contribution in [0.2, 0.25) is 0 Å². The number of thiophene rings is 1. The number of nitrogens with one attached hydrogen (secondary N) is 1. The maximum Gasteiger partial charge on any atom is 0.414 e. The molecule has 29 heavy (non-hydrogen) atoms. The van der Waals surface area contributed by atoms with Gasteiger partial charge < -0.3 is 15.0 Å². The number of carbonyl (C=O) groups is 1. The van der Waals surface area contributed by atoms with E-state index in [-0.39, 0.29) is 17.7 Å². The van der Waals surface area contributed by atoms with Crippen molar-refractivity contribution in [3.63, 3.8) is 0 Å². The zero-order valence-corrected chi connectivity index (χ0v) is 19.3. The zero-order chi connectivity index (χ0) is 21.2. The summed E-state index contributed by atoms with van der Waals surface area (Å²) in [6.45, 7) is 8.03. The molecule has 2 aromatic rings. The summed E-state index contributed by atoms with van der Waals surface area (Å²) in [4.78, 5) is 16.3. The SMILES string of the molecule is Cc1cc(OC(=O)NC2CCC(C(c3cccs3)N(C)C)CC2)n(C(C)(C)C)n1. The van der Waals surface area contributed by atoms with E-state index in [0.717, 1.165) is 31.4 Å². The molecule has 1 N–H and O–H groups in total. The Morgan fingerprint density at radius 1 is 1.31 bits per heavy atom. The third kappa shape index (κ3) is 5.39. The van der Waals surface area contributed by atoms with Crippen LogP contribution in [-0.4, -0.2) is 40.9 Å². The Labute approximate surface area is 178 Å². The summed E-state index contributed by atoms with van der Waals surface area (Å²) in [6, 6.07) is 6.79. The predicted octanol–water partition coefficient (Wildman–Crippen LogP) is 4.96. The van der Waals surface area contributed by atoms with Crippen molar-refractivity contribution >= 4 is 17.4 Å². The van der Waals surface area contributed by atoms with Crippen molar-refractivity contribution in [3.8, 4) is 5.88 Å². The molecule has 1 fully saturated rings. The number of hydrogen-bond donors (Lipinski definition) is 1. The highest BCUT2D eigenvalue weighted by Gasteiger charge is 2.31. The minimum absolute atomic E-state index is 0.164. The number of nitrogens with zero attached hydrogens (tertiary/aromatic N) is 3. The van der Waals surface area contributed by atoms with Gasteiger partial charge in [0.2, 0.25) is 5.88 Å². The molecule has 0 aromatic carbocycles. The van der Waals surface area contributed by atoms with E-state index in [1.807, 2.05) is 45.1 Å². The maximum absolute atomic E-state index is 12.5. The number of rotatable bonds is 5. The number of aryl methyl sites for hydroxylation is 1. The van der Waals surface area contributed by atoms with E-state index in [1.165, 1.54) is 4.88 Å². The summed E-state index contributed by atoms with van der Waals surface area (Å²) >= 11 is 1.83. The lowest BCUT2D eigenvalue weighted by atomic mass is 9.80. The first kappa shape index (κ1) is 21.8. The smallest absolute Gasteiger partial charge is 0.392 e. The molecule has 1 aliphatic rings. The Kier molecular flexibility index (Phi) is 6.69. The molecule has 0 spiro atoms. The second-order valence-electron chi connectivity index (χ2n) is 9.28. The Balaban J connectivity index is 1.55. The average molecular weight is 419 g/mol. The fourth-order valence-electron chi connectivity index (χ4n) is 4.27. The molecule has 160 valence electrons. The summed E-state index contributed by atoms with van der Waals surface area (Å²) in [5, 5.41) is 9.68.